The van der Waals surface area contributed by atoms with Gasteiger partial charge in [-0.05, 0) is 43.5 Å². The van der Waals surface area contributed by atoms with Crippen molar-refractivity contribution >= 4 is 11.3 Å². The fourth-order valence-corrected chi connectivity index (χ4v) is 4.76. The summed E-state index contributed by atoms with van der Waals surface area (Å²) in [6, 6.07) is 14.8. The van der Waals surface area contributed by atoms with E-state index in [1.807, 2.05) is 11.6 Å². The minimum absolute atomic E-state index is 0.0434. The van der Waals surface area contributed by atoms with Gasteiger partial charge in [-0.2, -0.15) is 0 Å². The molecular formula is C21H25N3OS. The lowest BCUT2D eigenvalue weighted by molar-refractivity contribution is 0.0281. The molecule has 2 aromatic heterocycles. The van der Waals surface area contributed by atoms with Crippen molar-refractivity contribution in [1.29, 1.82) is 0 Å². The van der Waals surface area contributed by atoms with Crippen LogP contribution in [-0.4, -0.2) is 39.3 Å². The van der Waals surface area contributed by atoms with Gasteiger partial charge in [0.15, 0.2) is 5.13 Å². The second kappa shape index (κ2) is 7.74. The van der Waals surface area contributed by atoms with E-state index < -0.39 is 0 Å². The SMILES string of the molecule is OCC1(Cc2ccccc2)CCCN(Cc2cccn2-c2nccs2)C1. The lowest BCUT2D eigenvalue weighted by atomic mass is 9.75. The molecule has 26 heavy (non-hydrogen) atoms. The largest absolute Gasteiger partial charge is 0.396 e. The van der Waals surface area contributed by atoms with E-state index in [-0.39, 0.29) is 12.0 Å². The summed E-state index contributed by atoms with van der Waals surface area (Å²) < 4.78 is 2.18. The number of hydrogen-bond donors (Lipinski definition) is 1. The lowest BCUT2D eigenvalue weighted by Gasteiger charge is -2.42. The van der Waals surface area contributed by atoms with Crippen LogP contribution >= 0.6 is 11.3 Å². The Morgan fingerprint density at radius 1 is 1.15 bits per heavy atom. The molecule has 0 aliphatic carbocycles. The molecule has 0 bridgehead atoms. The van der Waals surface area contributed by atoms with Gasteiger partial charge in [-0.1, -0.05) is 30.3 Å². The number of aliphatic hydroxyl groups excluding tert-OH is 1. The van der Waals surface area contributed by atoms with E-state index in [2.05, 4.69) is 63.1 Å². The first-order chi connectivity index (χ1) is 12.8. The maximum Gasteiger partial charge on any atom is 0.193 e. The summed E-state index contributed by atoms with van der Waals surface area (Å²) in [5, 5.41) is 13.2. The van der Waals surface area contributed by atoms with Crippen molar-refractivity contribution in [2.45, 2.75) is 25.8 Å². The third-order valence-corrected chi connectivity index (χ3v) is 6.11. The van der Waals surface area contributed by atoms with Gasteiger partial charge in [-0.3, -0.25) is 9.47 Å². The molecule has 136 valence electrons. The normalized spacial score (nSPS) is 21.1. The number of piperidine rings is 1. The molecule has 1 saturated heterocycles. The van der Waals surface area contributed by atoms with Gasteiger partial charge < -0.3 is 5.11 Å². The molecule has 1 unspecified atom stereocenters. The Morgan fingerprint density at radius 3 is 2.81 bits per heavy atom. The first-order valence-corrected chi connectivity index (χ1v) is 10.1. The van der Waals surface area contributed by atoms with E-state index in [9.17, 15) is 5.11 Å². The number of benzene rings is 1. The van der Waals surface area contributed by atoms with E-state index >= 15 is 0 Å². The maximum atomic E-state index is 10.2. The van der Waals surface area contributed by atoms with Gasteiger partial charge in [0.2, 0.25) is 0 Å². The zero-order valence-corrected chi connectivity index (χ0v) is 15.7. The highest BCUT2D eigenvalue weighted by atomic mass is 32.1. The summed E-state index contributed by atoms with van der Waals surface area (Å²) in [5.74, 6) is 0. The fourth-order valence-electron chi connectivity index (χ4n) is 4.10. The van der Waals surface area contributed by atoms with Crippen LogP contribution in [0.5, 0.6) is 0 Å². The molecule has 4 nitrogen and oxygen atoms in total. The molecule has 1 aromatic carbocycles. The zero-order chi connectivity index (χ0) is 17.8. The Labute approximate surface area is 158 Å². The highest BCUT2D eigenvalue weighted by molar-refractivity contribution is 7.12. The summed E-state index contributed by atoms with van der Waals surface area (Å²) in [5.41, 5.74) is 2.53. The predicted molar refractivity (Wildman–Crippen MR) is 106 cm³/mol. The summed E-state index contributed by atoms with van der Waals surface area (Å²) in [7, 11) is 0. The van der Waals surface area contributed by atoms with Crippen molar-refractivity contribution in [1.82, 2.24) is 14.5 Å². The van der Waals surface area contributed by atoms with E-state index in [4.69, 9.17) is 0 Å². The second-order valence-electron chi connectivity index (χ2n) is 7.32. The van der Waals surface area contributed by atoms with Crippen molar-refractivity contribution in [2.24, 2.45) is 5.41 Å². The maximum absolute atomic E-state index is 10.2. The second-order valence-corrected chi connectivity index (χ2v) is 8.19. The average Bonchev–Trinajstić information content (AvgIpc) is 3.34. The molecule has 1 fully saturated rings. The Morgan fingerprint density at radius 2 is 2.04 bits per heavy atom. The van der Waals surface area contributed by atoms with Gasteiger partial charge in [0.25, 0.3) is 0 Å². The Bertz CT molecular complexity index is 815. The van der Waals surface area contributed by atoms with Crippen molar-refractivity contribution in [2.75, 3.05) is 19.7 Å². The van der Waals surface area contributed by atoms with E-state index in [0.29, 0.717) is 0 Å². The first kappa shape index (κ1) is 17.5. The smallest absolute Gasteiger partial charge is 0.193 e. The third-order valence-electron chi connectivity index (χ3n) is 5.34. The van der Waals surface area contributed by atoms with Crippen molar-refractivity contribution in [3.05, 3.63) is 71.5 Å². The minimum atomic E-state index is -0.0434. The molecular weight excluding hydrogens is 342 g/mol. The molecule has 1 N–H and O–H groups in total. The number of rotatable bonds is 6. The summed E-state index contributed by atoms with van der Waals surface area (Å²) in [4.78, 5) is 6.92. The summed E-state index contributed by atoms with van der Waals surface area (Å²) in [6.07, 6.45) is 7.09. The van der Waals surface area contributed by atoms with Crippen molar-refractivity contribution in [3.63, 3.8) is 0 Å². The number of nitrogens with zero attached hydrogens (tertiary/aromatic N) is 3. The molecule has 0 spiro atoms. The topological polar surface area (TPSA) is 41.3 Å². The summed E-state index contributed by atoms with van der Waals surface area (Å²) >= 11 is 1.66. The summed E-state index contributed by atoms with van der Waals surface area (Å²) in [6.45, 7) is 3.15. The Hall–Kier alpha value is -1.95. The van der Waals surface area contributed by atoms with E-state index in [0.717, 1.165) is 44.0 Å². The van der Waals surface area contributed by atoms with Crippen LogP contribution in [0.4, 0.5) is 0 Å². The predicted octanol–water partition coefficient (Wildman–Crippen LogP) is 3.75. The van der Waals surface area contributed by atoms with Crippen molar-refractivity contribution in [3.8, 4) is 5.13 Å². The molecule has 3 aromatic rings. The van der Waals surface area contributed by atoms with Gasteiger partial charge in [0.1, 0.15) is 0 Å². The van der Waals surface area contributed by atoms with Crippen LogP contribution in [0.2, 0.25) is 0 Å². The van der Waals surface area contributed by atoms with E-state index in [1.165, 1.54) is 11.3 Å². The number of aromatic nitrogens is 2. The molecule has 1 aliphatic heterocycles. The molecule has 1 atom stereocenters. The monoisotopic (exact) mass is 367 g/mol. The molecule has 1 aliphatic rings. The van der Waals surface area contributed by atoms with Gasteiger partial charge in [-0.25, -0.2) is 4.98 Å². The average molecular weight is 368 g/mol. The Kier molecular flexibility index (Phi) is 5.20. The van der Waals surface area contributed by atoms with Crippen LogP contribution in [0.15, 0.2) is 60.2 Å². The van der Waals surface area contributed by atoms with Gasteiger partial charge >= 0.3 is 0 Å². The third kappa shape index (κ3) is 3.75. The molecule has 4 rings (SSSR count). The van der Waals surface area contributed by atoms with Gasteiger partial charge in [0, 0.05) is 42.0 Å². The molecule has 0 saturated carbocycles. The lowest BCUT2D eigenvalue weighted by Crippen LogP contribution is -2.46. The molecule has 0 radical (unpaired) electrons. The van der Waals surface area contributed by atoms with Crippen LogP contribution in [0.1, 0.15) is 24.1 Å². The number of thiazole rings is 1. The minimum Gasteiger partial charge on any atom is -0.396 e. The van der Waals surface area contributed by atoms with Crippen LogP contribution < -0.4 is 0 Å². The number of likely N-dealkylation sites (tertiary alicyclic amines) is 1. The van der Waals surface area contributed by atoms with Crippen LogP contribution in [0.25, 0.3) is 5.13 Å². The van der Waals surface area contributed by atoms with Gasteiger partial charge in [-0.15, -0.1) is 11.3 Å². The quantitative estimate of drug-likeness (QED) is 0.721. The molecule has 3 heterocycles. The molecule has 0 amide bonds. The highest BCUT2D eigenvalue weighted by Crippen LogP contribution is 2.34. The van der Waals surface area contributed by atoms with Crippen LogP contribution in [-0.2, 0) is 13.0 Å². The first-order valence-electron chi connectivity index (χ1n) is 9.21. The zero-order valence-electron chi connectivity index (χ0n) is 14.9. The highest BCUT2D eigenvalue weighted by Gasteiger charge is 2.35. The standard InChI is InChI=1S/C21H25N3OS/c25-17-21(14-18-6-2-1-3-7-18)9-5-11-23(16-21)15-19-8-4-12-24(19)20-22-10-13-26-20/h1-4,6-8,10,12-13,25H,5,9,11,14-17H2. The van der Waals surface area contributed by atoms with Crippen LogP contribution in [0.3, 0.4) is 0 Å². The Balaban J connectivity index is 1.49. The number of hydrogen-bond acceptors (Lipinski definition) is 4. The van der Waals surface area contributed by atoms with Gasteiger partial charge in [0.05, 0.1) is 6.61 Å². The van der Waals surface area contributed by atoms with E-state index in [1.54, 1.807) is 11.3 Å². The van der Waals surface area contributed by atoms with Crippen molar-refractivity contribution < 1.29 is 5.11 Å². The van der Waals surface area contributed by atoms with Crippen LogP contribution in [0, 0.1) is 5.41 Å². The number of aliphatic hydroxyl groups is 1. The molecule has 5 heteroatoms. The fraction of sp³-hybridized carbons (Fsp3) is 0.381.